The van der Waals surface area contributed by atoms with Gasteiger partial charge in [0.2, 0.25) is 5.43 Å². The highest BCUT2D eigenvalue weighted by atomic mass is 79.9. The van der Waals surface area contributed by atoms with Gasteiger partial charge >= 0.3 is 0 Å². The van der Waals surface area contributed by atoms with Crippen LogP contribution in [0.5, 0.6) is 0 Å². The van der Waals surface area contributed by atoms with Crippen LogP contribution < -0.4 is 10.9 Å². The van der Waals surface area contributed by atoms with Crippen molar-refractivity contribution in [3.05, 3.63) is 57.9 Å². The fraction of sp³-hybridized carbons (Fsp3) is 0.188. The molecule has 114 valence electrons. The lowest BCUT2D eigenvalue weighted by atomic mass is 10.1. The summed E-state index contributed by atoms with van der Waals surface area (Å²) in [5.41, 5.74) is 3.99. The largest absolute Gasteiger partial charge is 0.350 e. The third kappa shape index (κ3) is 3.51. The summed E-state index contributed by atoms with van der Waals surface area (Å²) in [6.45, 7) is 1.93. The van der Waals surface area contributed by atoms with Crippen molar-refractivity contribution in [1.29, 1.82) is 0 Å². The van der Waals surface area contributed by atoms with Crippen LogP contribution in [0, 0.1) is 0 Å². The zero-order valence-corrected chi connectivity index (χ0v) is 13.9. The first-order valence-corrected chi connectivity index (χ1v) is 7.80. The maximum Gasteiger partial charge on any atom is 0.276 e. The van der Waals surface area contributed by atoms with Crippen LogP contribution in [-0.2, 0) is 7.05 Å². The summed E-state index contributed by atoms with van der Waals surface area (Å²) in [6, 6.07) is 7.17. The zero-order chi connectivity index (χ0) is 16.1. The molecule has 0 atom stereocenters. The first kappa shape index (κ1) is 16.2. The van der Waals surface area contributed by atoms with E-state index in [1.807, 2.05) is 19.1 Å². The van der Waals surface area contributed by atoms with Crippen molar-refractivity contribution in [3.63, 3.8) is 0 Å². The second-order valence-electron chi connectivity index (χ2n) is 4.87. The highest BCUT2D eigenvalue weighted by molar-refractivity contribution is 9.09. The lowest BCUT2D eigenvalue weighted by molar-refractivity contribution is 0.0953. The Morgan fingerprint density at radius 3 is 2.86 bits per heavy atom. The maximum atomic E-state index is 12.4. The predicted molar refractivity (Wildman–Crippen MR) is 92.7 cm³/mol. The van der Waals surface area contributed by atoms with Gasteiger partial charge in [0.05, 0.1) is 5.52 Å². The summed E-state index contributed by atoms with van der Waals surface area (Å²) in [4.78, 5) is 24.5. The van der Waals surface area contributed by atoms with Crippen LogP contribution in [0.3, 0.4) is 0 Å². The lowest BCUT2D eigenvalue weighted by Gasteiger charge is -2.07. The number of rotatable bonds is 4. The number of aryl methyl sites for hydroxylation is 1. The van der Waals surface area contributed by atoms with E-state index in [1.165, 1.54) is 12.4 Å². The Hall–Kier alpha value is -2.21. The molecule has 0 aliphatic heterocycles. The van der Waals surface area contributed by atoms with Crippen LogP contribution in [0.4, 0.5) is 0 Å². The van der Waals surface area contributed by atoms with E-state index in [0.29, 0.717) is 5.39 Å². The second-order valence-corrected chi connectivity index (χ2v) is 5.43. The number of carbonyl (C=O) groups is 1. The van der Waals surface area contributed by atoms with Crippen molar-refractivity contribution >= 4 is 39.0 Å². The minimum Gasteiger partial charge on any atom is -0.350 e. The monoisotopic (exact) mass is 361 g/mol. The first-order chi connectivity index (χ1) is 10.5. The Morgan fingerprint density at radius 2 is 2.14 bits per heavy atom. The van der Waals surface area contributed by atoms with E-state index in [2.05, 4.69) is 26.5 Å². The number of halogens is 1. The van der Waals surface area contributed by atoms with Gasteiger partial charge in [-0.05, 0) is 25.1 Å². The summed E-state index contributed by atoms with van der Waals surface area (Å²) >= 11 is 3.31. The number of pyridine rings is 1. The Labute approximate surface area is 136 Å². The van der Waals surface area contributed by atoms with Crippen LogP contribution in [0.1, 0.15) is 17.3 Å². The van der Waals surface area contributed by atoms with Gasteiger partial charge in [-0.25, -0.2) is 5.43 Å². The van der Waals surface area contributed by atoms with E-state index in [-0.39, 0.29) is 11.0 Å². The number of fused-ring (bicyclic) bond motifs is 1. The van der Waals surface area contributed by atoms with Crippen LogP contribution in [0.2, 0.25) is 0 Å². The number of nitrogens with zero attached hydrogens (tertiary/aromatic N) is 2. The molecule has 22 heavy (non-hydrogen) atoms. The minimum atomic E-state index is -0.521. The summed E-state index contributed by atoms with van der Waals surface area (Å²) in [6.07, 6.45) is 4.78. The van der Waals surface area contributed by atoms with Gasteiger partial charge in [-0.15, -0.1) is 0 Å². The maximum absolute atomic E-state index is 12.4. The molecule has 0 unspecified atom stereocenters. The lowest BCUT2D eigenvalue weighted by Crippen LogP contribution is -2.26. The fourth-order valence-electron chi connectivity index (χ4n) is 1.97. The molecule has 1 N–H and O–H groups in total. The summed E-state index contributed by atoms with van der Waals surface area (Å²) in [5, 5.41) is 5.06. The quantitative estimate of drug-likeness (QED) is 0.516. The van der Waals surface area contributed by atoms with Crippen molar-refractivity contribution in [3.8, 4) is 0 Å². The van der Waals surface area contributed by atoms with Crippen molar-refractivity contribution < 1.29 is 4.79 Å². The molecular weight excluding hydrogens is 346 g/mol. The number of aromatic nitrogens is 1. The number of hydrogen-bond acceptors (Lipinski definition) is 3. The van der Waals surface area contributed by atoms with Gasteiger partial charge in [0, 0.05) is 30.2 Å². The zero-order valence-electron chi connectivity index (χ0n) is 12.3. The predicted octanol–water partition coefficient (Wildman–Crippen LogP) is 2.60. The number of hydrogen-bond donors (Lipinski definition) is 1. The SMILES string of the molecule is C/C(=C\C=N\NC(=O)c1cn(C)c2ccccc2c1=O)CBr. The van der Waals surface area contributed by atoms with Crippen molar-refractivity contribution in [2.24, 2.45) is 12.1 Å². The van der Waals surface area contributed by atoms with Crippen molar-refractivity contribution in [2.45, 2.75) is 6.92 Å². The Morgan fingerprint density at radius 1 is 1.41 bits per heavy atom. The number of allylic oxidation sites excluding steroid dienone is 2. The normalized spacial score (nSPS) is 12.0. The number of benzene rings is 1. The third-order valence-corrected chi connectivity index (χ3v) is 4.04. The van der Waals surface area contributed by atoms with Gasteiger partial charge in [0.25, 0.3) is 5.91 Å². The summed E-state index contributed by atoms with van der Waals surface area (Å²) in [5.74, 6) is -0.521. The number of alkyl halides is 1. The Balaban J connectivity index is 2.29. The Bertz CT molecular complexity index is 822. The van der Waals surface area contributed by atoms with Gasteiger partial charge in [-0.2, -0.15) is 5.10 Å². The molecule has 1 amide bonds. The third-order valence-electron chi connectivity index (χ3n) is 3.15. The van der Waals surface area contributed by atoms with Gasteiger partial charge in [-0.3, -0.25) is 9.59 Å². The van der Waals surface area contributed by atoms with Crippen LogP contribution >= 0.6 is 15.9 Å². The molecule has 0 saturated heterocycles. The molecule has 0 spiro atoms. The first-order valence-electron chi connectivity index (χ1n) is 6.68. The molecule has 0 radical (unpaired) electrons. The summed E-state index contributed by atoms with van der Waals surface area (Å²) in [7, 11) is 1.80. The molecule has 5 nitrogen and oxygen atoms in total. The molecule has 1 aromatic carbocycles. The van der Waals surface area contributed by atoms with Gasteiger partial charge < -0.3 is 4.57 Å². The molecule has 6 heteroatoms. The molecule has 0 saturated carbocycles. The average molecular weight is 362 g/mol. The van der Waals surface area contributed by atoms with Gasteiger partial charge in [0.15, 0.2) is 0 Å². The van der Waals surface area contributed by atoms with E-state index < -0.39 is 5.91 Å². The number of amides is 1. The molecule has 0 bridgehead atoms. The molecule has 0 fully saturated rings. The number of carbonyl (C=O) groups excluding carboxylic acids is 1. The van der Waals surface area contributed by atoms with Gasteiger partial charge in [0.1, 0.15) is 5.56 Å². The van der Waals surface area contributed by atoms with Gasteiger partial charge in [-0.1, -0.05) is 33.6 Å². The standard InChI is InChI=1S/C16H16BrN3O2/c1-11(9-17)7-8-18-19-16(22)13-10-20(2)14-6-4-3-5-12(14)15(13)21/h3-8,10H,9H2,1-2H3,(H,19,22)/b11-7+,18-8+. The average Bonchev–Trinajstić information content (AvgIpc) is 2.54. The van der Waals surface area contributed by atoms with Crippen LogP contribution in [0.15, 0.2) is 52.0 Å². The molecule has 0 aliphatic rings. The molecule has 0 aliphatic carbocycles. The van der Waals surface area contributed by atoms with Crippen LogP contribution in [-0.4, -0.2) is 22.0 Å². The summed E-state index contributed by atoms with van der Waals surface area (Å²) < 4.78 is 1.75. The molecule has 2 aromatic rings. The fourth-order valence-corrected chi connectivity index (χ4v) is 2.15. The van der Waals surface area contributed by atoms with E-state index >= 15 is 0 Å². The van der Waals surface area contributed by atoms with E-state index in [9.17, 15) is 9.59 Å². The van der Waals surface area contributed by atoms with E-state index in [1.54, 1.807) is 29.8 Å². The smallest absolute Gasteiger partial charge is 0.276 e. The molecule has 1 aromatic heterocycles. The molecule has 1 heterocycles. The highest BCUT2D eigenvalue weighted by Crippen LogP contribution is 2.10. The van der Waals surface area contributed by atoms with Crippen LogP contribution in [0.25, 0.3) is 10.9 Å². The minimum absolute atomic E-state index is 0.0690. The van der Waals surface area contributed by atoms with Crippen molar-refractivity contribution in [2.75, 3.05) is 5.33 Å². The number of hydrazone groups is 1. The Kier molecular flexibility index (Phi) is 5.27. The molecular formula is C16H16BrN3O2. The molecule has 2 rings (SSSR count). The van der Waals surface area contributed by atoms with Crippen molar-refractivity contribution in [1.82, 2.24) is 9.99 Å². The van der Waals surface area contributed by atoms with E-state index in [4.69, 9.17) is 0 Å². The number of para-hydroxylation sites is 1. The highest BCUT2D eigenvalue weighted by Gasteiger charge is 2.13. The van der Waals surface area contributed by atoms with E-state index in [0.717, 1.165) is 16.4 Å². The number of nitrogens with one attached hydrogen (secondary N) is 1. The topological polar surface area (TPSA) is 63.5 Å². The second kappa shape index (κ2) is 7.17.